The zero-order valence-corrected chi connectivity index (χ0v) is 11.6. The van der Waals surface area contributed by atoms with E-state index in [1.807, 2.05) is 4.57 Å². The number of hydrogen-bond donors (Lipinski definition) is 1. The minimum atomic E-state index is -0.437. The third-order valence-corrected chi connectivity index (χ3v) is 3.68. The molecular formula is C13H13N7O2. The van der Waals surface area contributed by atoms with E-state index < -0.39 is 4.92 Å². The van der Waals surface area contributed by atoms with E-state index in [1.165, 1.54) is 4.40 Å². The average molecular weight is 299 g/mol. The summed E-state index contributed by atoms with van der Waals surface area (Å²) in [6, 6.07) is 5.71. The summed E-state index contributed by atoms with van der Waals surface area (Å²) in [5, 5.41) is 22.3. The molecule has 1 N–H and O–H groups in total. The zero-order chi connectivity index (χ0) is 15.1. The molecule has 3 aromatic rings. The monoisotopic (exact) mass is 299 g/mol. The summed E-state index contributed by atoms with van der Waals surface area (Å²) < 4.78 is 3.46. The number of pyridine rings is 1. The van der Waals surface area contributed by atoms with Gasteiger partial charge in [-0.15, -0.1) is 10.2 Å². The molecule has 22 heavy (non-hydrogen) atoms. The summed E-state index contributed by atoms with van der Waals surface area (Å²) in [6.45, 7) is 0.348. The lowest BCUT2D eigenvalue weighted by atomic mass is 10.5. The SMILES string of the molecule is O=[N+]([O-])c1c(NCc2nncn2C2CC2)nc2ccccn12. The fourth-order valence-corrected chi connectivity index (χ4v) is 2.49. The third kappa shape index (κ3) is 2.07. The Morgan fingerprint density at radius 3 is 3.05 bits per heavy atom. The Labute approximate surface area is 124 Å². The third-order valence-electron chi connectivity index (χ3n) is 3.68. The van der Waals surface area contributed by atoms with Gasteiger partial charge in [-0.2, -0.15) is 9.38 Å². The van der Waals surface area contributed by atoms with Crippen molar-refractivity contribution in [2.24, 2.45) is 0 Å². The smallest absolute Gasteiger partial charge is 0.358 e. The molecule has 0 atom stereocenters. The number of nitrogens with zero attached hydrogens (tertiary/aromatic N) is 6. The maximum absolute atomic E-state index is 11.3. The van der Waals surface area contributed by atoms with Gasteiger partial charge in [0.15, 0.2) is 5.82 Å². The van der Waals surface area contributed by atoms with E-state index in [0.29, 0.717) is 18.2 Å². The highest BCUT2D eigenvalue weighted by Crippen LogP contribution is 2.35. The van der Waals surface area contributed by atoms with Crippen LogP contribution in [0.15, 0.2) is 30.7 Å². The maximum Gasteiger partial charge on any atom is 0.372 e. The van der Waals surface area contributed by atoms with Gasteiger partial charge in [-0.25, -0.2) is 0 Å². The zero-order valence-electron chi connectivity index (χ0n) is 11.6. The van der Waals surface area contributed by atoms with Crippen LogP contribution in [0.4, 0.5) is 11.6 Å². The second-order valence-corrected chi connectivity index (χ2v) is 5.21. The van der Waals surface area contributed by atoms with Crippen LogP contribution in [0.2, 0.25) is 0 Å². The van der Waals surface area contributed by atoms with Gasteiger partial charge in [0.2, 0.25) is 11.5 Å². The van der Waals surface area contributed by atoms with Crippen LogP contribution in [0, 0.1) is 10.1 Å². The molecule has 3 aromatic heterocycles. The summed E-state index contributed by atoms with van der Waals surface area (Å²) in [7, 11) is 0. The van der Waals surface area contributed by atoms with Crippen LogP contribution >= 0.6 is 0 Å². The minimum Gasteiger partial charge on any atom is -0.358 e. The average Bonchev–Trinajstić information content (AvgIpc) is 3.12. The summed E-state index contributed by atoms with van der Waals surface area (Å²) >= 11 is 0. The summed E-state index contributed by atoms with van der Waals surface area (Å²) in [6.07, 6.45) is 5.57. The number of fused-ring (bicyclic) bond motifs is 1. The molecule has 0 aromatic carbocycles. The molecule has 0 aliphatic heterocycles. The highest BCUT2D eigenvalue weighted by atomic mass is 16.6. The molecule has 0 bridgehead atoms. The van der Waals surface area contributed by atoms with Crippen LogP contribution < -0.4 is 5.32 Å². The van der Waals surface area contributed by atoms with Gasteiger partial charge in [-0.3, -0.25) is 0 Å². The number of anilines is 1. The van der Waals surface area contributed by atoms with Crippen LogP contribution in [0.5, 0.6) is 0 Å². The van der Waals surface area contributed by atoms with Gasteiger partial charge >= 0.3 is 5.82 Å². The Morgan fingerprint density at radius 2 is 2.27 bits per heavy atom. The molecule has 9 nitrogen and oxygen atoms in total. The number of nitrogens with one attached hydrogen (secondary N) is 1. The number of nitro groups is 1. The summed E-state index contributed by atoms with van der Waals surface area (Å²) in [4.78, 5) is 15.2. The summed E-state index contributed by atoms with van der Waals surface area (Å²) in [5.41, 5.74) is 0.528. The molecule has 0 unspecified atom stereocenters. The standard InChI is InChI=1S/C13H13N7O2/c21-20(22)13-12(16-10-3-1-2-6-18(10)13)14-7-11-17-15-8-19(11)9-4-5-9/h1-3,6,8-9,14H,4-5,7H2. The lowest BCUT2D eigenvalue weighted by molar-refractivity contribution is -0.389. The first kappa shape index (κ1) is 12.7. The Balaban J connectivity index is 1.65. The molecule has 0 amide bonds. The van der Waals surface area contributed by atoms with Gasteiger partial charge in [0.05, 0.1) is 12.7 Å². The first-order valence-corrected chi connectivity index (χ1v) is 6.98. The number of aromatic nitrogens is 5. The van der Waals surface area contributed by atoms with Crippen molar-refractivity contribution in [3.63, 3.8) is 0 Å². The molecule has 1 saturated carbocycles. The first-order valence-electron chi connectivity index (χ1n) is 6.98. The number of hydrogen-bond acceptors (Lipinski definition) is 6. The molecule has 112 valence electrons. The van der Waals surface area contributed by atoms with Crippen LogP contribution in [-0.4, -0.2) is 29.1 Å². The molecule has 1 fully saturated rings. The van der Waals surface area contributed by atoms with Gasteiger partial charge in [0.1, 0.15) is 6.33 Å². The van der Waals surface area contributed by atoms with E-state index in [0.717, 1.165) is 18.7 Å². The van der Waals surface area contributed by atoms with Crippen molar-refractivity contribution >= 4 is 17.3 Å². The van der Waals surface area contributed by atoms with Gasteiger partial charge in [-0.05, 0) is 23.8 Å². The Hall–Kier alpha value is -2.97. The molecule has 0 spiro atoms. The molecule has 1 aliphatic rings. The predicted octanol–water partition coefficient (Wildman–Crippen LogP) is 1.78. The predicted molar refractivity (Wildman–Crippen MR) is 77.5 cm³/mol. The second kappa shape index (κ2) is 4.79. The molecule has 1 aliphatic carbocycles. The highest BCUT2D eigenvalue weighted by Gasteiger charge is 2.27. The number of rotatable bonds is 5. The van der Waals surface area contributed by atoms with Crippen molar-refractivity contribution in [1.82, 2.24) is 24.1 Å². The van der Waals surface area contributed by atoms with Crippen LogP contribution in [0.25, 0.3) is 5.65 Å². The van der Waals surface area contributed by atoms with Crippen molar-refractivity contribution in [1.29, 1.82) is 0 Å². The first-order chi connectivity index (χ1) is 10.7. The molecule has 9 heteroatoms. The minimum absolute atomic E-state index is 0.0758. The largest absolute Gasteiger partial charge is 0.372 e. The topological polar surface area (TPSA) is 103 Å². The molecular weight excluding hydrogens is 286 g/mol. The second-order valence-electron chi connectivity index (χ2n) is 5.21. The van der Waals surface area contributed by atoms with Gasteiger partial charge < -0.3 is 20.0 Å². The molecule has 4 rings (SSSR count). The van der Waals surface area contributed by atoms with Crippen LogP contribution in [0.1, 0.15) is 24.7 Å². The van der Waals surface area contributed by atoms with Crippen molar-refractivity contribution in [2.75, 3.05) is 5.32 Å². The van der Waals surface area contributed by atoms with Gasteiger partial charge in [0, 0.05) is 12.1 Å². The van der Waals surface area contributed by atoms with E-state index in [9.17, 15) is 10.1 Å². The van der Waals surface area contributed by atoms with E-state index in [4.69, 9.17) is 0 Å². The van der Waals surface area contributed by atoms with Crippen LogP contribution in [0.3, 0.4) is 0 Å². The normalized spacial score (nSPS) is 14.4. The molecule has 0 saturated heterocycles. The number of imidazole rings is 1. The van der Waals surface area contributed by atoms with Gasteiger partial charge in [-0.1, -0.05) is 6.07 Å². The fraction of sp³-hybridized carbons (Fsp3) is 0.308. The van der Waals surface area contributed by atoms with E-state index in [2.05, 4.69) is 20.5 Å². The molecule has 3 heterocycles. The molecule has 0 radical (unpaired) electrons. The highest BCUT2D eigenvalue weighted by molar-refractivity contribution is 5.62. The lowest BCUT2D eigenvalue weighted by Gasteiger charge is -2.05. The Morgan fingerprint density at radius 1 is 1.41 bits per heavy atom. The van der Waals surface area contributed by atoms with Crippen molar-refractivity contribution in [3.05, 3.63) is 46.7 Å². The van der Waals surface area contributed by atoms with E-state index in [-0.39, 0.29) is 11.6 Å². The quantitative estimate of drug-likeness (QED) is 0.569. The lowest BCUT2D eigenvalue weighted by Crippen LogP contribution is -2.09. The Kier molecular flexibility index (Phi) is 2.78. The van der Waals surface area contributed by atoms with E-state index in [1.54, 1.807) is 30.7 Å². The maximum atomic E-state index is 11.3. The van der Waals surface area contributed by atoms with Crippen molar-refractivity contribution < 1.29 is 4.92 Å². The fourth-order valence-electron chi connectivity index (χ4n) is 2.49. The van der Waals surface area contributed by atoms with E-state index >= 15 is 0 Å². The summed E-state index contributed by atoms with van der Waals surface area (Å²) in [5.74, 6) is 0.920. The van der Waals surface area contributed by atoms with Crippen LogP contribution in [-0.2, 0) is 6.54 Å². The van der Waals surface area contributed by atoms with Crippen molar-refractivity contribution in [2.45, 2.75) is 25.4 Å². The van der Waals surface area contributed by atoms with Crippen molar-refractivity contribution in [3.8, 4) is 0 Å². The van der Waals surface area contributed by atoms with Gasteiger partial charge in [0.25, 0.3) is 0 Å². The Bertz CT molecular complexity index is 849.